The van der Waals surface area contributed by atoms with Crippen LogP contribution in [-0.4, -0.2) is 23.0 Å². The Morgan fingerprint density at radius 2 is 1.80 bits per heavy atom. The lowest BCUT2D eigenvalue weighted by molar-refractivity contribution is 0.0331. The van der Waals surface area contributed by atoms with Gasteiger partial charge in [0.1, 0.15) is 11.0 Å². The molecule has 0 aliphatic rings. The maximum atomic E-state index is 14.7. The van der Waals surface area contributed by atoms with Gasteiger partial charge in [-0.25, -0.2) is 19.2 Å². The molecule has 0 spiro atoms. The van der Waals surface area contributed by atoms with E-state index in [-0.39, 0.29) is 16.2 Å². The number of aromatic nitrogens is 2. The Hall–Kier alpha value is -2.67. The molecule has 0 saturated carbocycles. The Labute approximate surface area is 145 Å². The minimum Gasteiger partial charge on any atom is -0.465 e. The minimum absolute atomic E-state index is 0.0692. The number of carbonyl (C=O) groups excluding carboxylic acids is 1. The van der Waals surface area contributed by atoms with Crippen molar-refractivity contribution >= 4 is 28.5 Å². The molecule has 3 rings (SSSR count). The van der Waals surface area contributed by atoms with Crippen molar-refractivity contribution in [3.8, 4) is 0 Å². The molecule has 3 aromatic rings. The summed E-state index contributed by atoms with van der Waals surface area (Å²) in [5, 5.41) is 0.131. The first kappa shape index (κ1) is 17.2. The Morgan fingerprint density at radius 1 is 1.12 bits per heavy atom. The van der Waals surface area contributed by atoms with Crippen molar-refractivity contribution in [2.24, 2.45) is 0 Å². The molecule has 0 unspecified atom stereocenters. The van der Waals surface area contributed by atoms with Gasteiger partial charge in [0.2, 0.25) is 5.82 Å². The van der Waals surface area contributed by atoms with E-state index in [9.17, 15) is 18.0 Å². The molecular weight excluding hydrogens is 357 g/mol. The molecule has 8 heteroatoms. The van der Waals surface area contributed by atoms with Crippen molar-refractivity contribution in [1.29, 1.82) is 0 Å². The number of hydrogen-bond acceptors (Lipinski definition) is 4. The fraction of sp³-hybridized carbons (Fsp3) is 0.118. The predicted octanol–water partition coefficient (Wildman–Crippen LogP) is 4.35. The van der Waals surface area contributed by atoms with Gasteiger partial charge in [0.15, 0.2) is 0 Å². The second-order valence-corrected chi connectivity index (χ2v) is 5.50. The van der Waals surface area contributed by atoms with Gasteiger partial charge in [-0.2, -0.15) is 8.78 Å². The summed E-state index contributed by atoms with van der Waals surface area (Å²) < 4.78 is 46.9. The summed E-state index contributed by atoms with van der Waals surface area (Å²) in [4.78, 5) is 19.1. The van der Waals surface area contributed by atoms with E-state index in [1.54, 1.807) is 0 Å². The number of rotatable bonds is 3. The highest BCUT2D eigenvalue weighted by molar-refractivity contribution is 6.34. The summed E-state index contributed by atoms with van der Waals surface area (Å²) in [6.07, 6.45) is 0. The van der Waals surface area contributed by atoms with Crippen molar-refractivity contribution in [3.63, 3.8) is 0 Å². The number of esters is 1. The zero-order chi connectivity index (χ0) is 18.2. The van der Waals surface area contributed by atoms with Gasteiger partial charge in [-0.1, -0.05) is 11.6 Å². The molecule has 25 heavy (non-hydrogen) atoms. The second-order valence-electron chi connectivity index (χ2n) is 5.14. The third kappa shape index (κ3) is 3.15. The van der Waals surface area contributed by atoms with E-state index in [0.717, 1.165) is 24.3 Å². The molecule has 1 aromatic heterocycles. The highest BCUT2D eigenvalue weighted by Crippen LogP contribution is 2.35. The van der Waals surface area contributed by atoms with Gasteiger partial charge >= 0.3 is 11.9 Å². The van der Waals surface area contributed by atoms with Crippen LogP contribution >= 0.6 is 11.6 Å². The van der Waals surface area contributed by atoms with Gasteiger partial charge in [0.05, 0.1) is 18.2 Å². The summed E-state index contributed by atoms with van der Waals surface area (Å²) in [6.45, 7) is 0. The highest BCUT2D eigenvalue weighted by atomic mass is 35.5. The van der Waals surface area contributed by atoms with E-state index in [2.05, 4.69) is 14.7 Å². The number of ether oxygens (including phenoxy) is 1. The highest BCUT2D eigenvalue weighted by Gasteiger charge is 2.38. The molecular formula is C17H10ClF3N2O2. The summed E-state index contributed by atoms with van der Waals surface area (Å²) >= 11 is 5.99. The zero-order valence-electron chi connectivity index (χ0n) is 12.8. The first-order valence-corrected chi connectivity index (χ1v) is 7.40. The van der Waals surface area contributed by atoms with Crippen molar-refractivity contribution < 1.29 is 22.7 Å². The van der Waals surface area contributed by atoms with E-state index in [4.69, 9.17) is 11.6 Å². The lowest BCUT2D eigenvalue weighted by atomic mass is 10.1. The molecule has 2 aromatic carbocycles. The number of halogens is 4. The molecule has 1 heterocycles. The van der Waals surface area contributed by atoms with Crippen LogP contribution in [0.15, 0.2) is 42.5 Å². The van der Waals surface area contributed by atoms with E-state index in [1.807, 2.05) is 0 Å². The Balaban J connectivity index is 2.15. The monoisotopic (exact) mass is 366 g/mol. The van der Waals surface area contributed by atoms with Gasteiger partial charge < -0.3 is 4.74 Å². The Kier molecular flexibility index (Phi) is 4.34. The molecule has 128 valence electrons. The quantitative estimate of drug-likeness (QED) is 0.511. The molecule has 0 atom stereocenters. The molecule has 0 radical (unpaired) electrons. The molecule has 0 aliphatic heterocycles. The maximum absolute atomic E-state index is 14.7. The molecule has 0 amide bonds. The van der Waals surface area contributed by atoms with Crippen molar-refractivity contribution in [1.82, 2.24) is 9.97 Å². The molecule has 0 fully saturated rings. The first-order chi connectivity index (χ1) is 11.8. The van der Waals surface area contributed by atoms with E-state index < -0.39 is 29.1 Å². The number of methoxy groups -OCH3 is 1. The maximum Gasteiger partial charge on any atom is 0.337 e. The van der Waals surface area contributed by atoms with Gasteiger partial charge in [0.25, 0.3) is 0 Å². The van der Waals surface area contributed by atoms with Crippen LogP contribution in [0.4, 0.5) is 13.2 Å². The predicted molar refractivity (Wildman–Crippen MR) is 85.3 cm³/mol. The van der Waals surface area contributed by atoms with E-state index in [1.165, 1.54) is 25.3 Å². The molecule has 4 nitrogen and oxygen atoms in total. The summed E-state index contributed by atoms with van der Waals surface area (Å²) in [7, 11) is 1.20. The molecule has 0 bridgehead atoms. The second kappa shape index (κ2) is 6.33. The lowest BCUT2D eigenvalue weighted by Crippen LogP contribution is -2.19. The van der Waals surface area contributed by atoms with Crippen LogP contribution in [0.1, 0.15) is 21.7 Å². The lowest BCUT2D eigenvalue weighted by Gasteiger charge is -2.16. The van der Waals surface area contributed by atoms with Crippen LogP contribution in [0.25, 0.3) is 10.9 Å². The average molecular weight is 367 g/mol. The van der Waals surface area contributed by atoms with Crippen molar-refractivity contribution in [3.05, 3.63) is 70.4 Å². The van der Waals surface area contributed by atoms with Crippen LogP contribution in [0.5, 0.6) is 0 Å². The third-order valence-electron chi connectivity index (χ3n) is 3.56. The Bertz CT molecular complexity index is 962. The van der Waals surface area contributed by atoms with E-state index >= 15 is 0 Å². The number of nitrogens with zero attached hydrogens (tertiary/aromatic N) is 2. The Morgan fingerprint density at radius 3 is 2.44 bits per heavy atom. The number of fused-ring (bicyclic) bond motifs is 1. The summed E-state index contributed by atoms with van der Waals surface area (Å²) in [6, 6.07) is 7.90. The first-order valence-electron chi connectivity index (χ1n) is 7.03. The van der Waals surface area contributed by atoms with Crippen LogP contribution in [-0.2, 0) is 10.7 Å². The fourth-order valence-electron chi connectivity index (χ4n) is 2.26. The fourth-order valence-corrected chi connectivity index (χ4v) is 2.50. The third-order valence-corrected chi connectivity index (χ3v) is 3.85. The minimum atomic E-state index is -3.59. The molecule has 0 aliphatic carbocycles. The zero-order valence-corrected chi connectivity index (χ0v) is 13.5. The number of benzene rings is 2. The standard InChI is InChI=1S/C17H10ClF3N2O2/c1-25-15(24)9-2-7-12-13(8-9)22-16(23-14(12)18)17(20,21)10-3-5-11(19)6-4-10/h2-8H,1H3. The van der Waals surface area contributed by atoms with Crippen LogP contribution in [0.3, 0.4) is 0 Å². The van der Waals surface area contributed by atoms with Crippen molar-refractivity contribution in [2.75, 3.05) is 7.11 Å². The number of hydrogen-bond donors (Lipinski definition) is 0. The molecule has 0 N–H and O–H groups in total. The SMILES string of the molecule is COC(=O)c1ccc2c(Cl)nc(C(F)(F)c3ccc(F)cc3)nc2c1. The van der Waals surface area contributed by atoms with Gasteiger partial charge in [-0.15, -0.1) is 0 Å². The van der Waals surface area contributed by atoms with Gasteiger partial charge in [-0.05, 0) is 42.5 Å². The summed E-state index contributed by atoms with van der Waals surface area (Å²) in [5.74, 6) is -5.71. The average Bonchev–Trinajstić information content (AvgIpc) is 2.60. The largest absolute Gasteiger partial charge is 0.465 e. The van der Waals surface area contributed by atoms with Gasteiger partial charge in [0, 0.05) is 10.9 Å². The van der Waals surface area contributed by atoms with Crippen LogP contribution in [0.2, 0.25) is 5.15 Å². The smallest absolute Gasteiger partial charge is 0.337 e. The topological polar surface area (TPSA) is 52.1 Å². The van der Waals surface area contributed by atoms with Gasteiger partial charge in [-0.3, -0.25) is 0 Å². The summed E-state index contributed by atoms with van der Waals surface area (Å²) in [5.41, 5.74) is -0.269. The van der Waals surface area contributed by atoms with E-state index in [0.29, 0.717) is 5.39 Å². The van der Waals surface area contributed by atoms with Crippen LogP contribution < -0.4 is 0 Å². The number of carbonyl (C=O) groups is 1. The van der Waals surface area contributed by atoms with Crippen molar-refractivity contribution in [2.45, 2.75) is 5.92 Å². The van der Waals surface area contributed by atoms with Crippen LogP contribution in [0, 0.1) is 5.82 Å². The molecule has 0 saturated heterocycles. The normalized spacial score (nSPS) is 11.6. The number of alkyl halides is 2.